The maximum Gasteiger partial charge on any atom is 0.303 e. The molecule has 0 aromatic heterocycles. The second kappa shape index (κ2) is 24.0. The van der Waals surface area contributed by atoms with E-state index in [1.807, 2.05) is 91.0 Å². The average Bonchev–Trinajstić information content (AvgIpc) is 3.34. The van der Waals surface area contributed by atoms with Gasteiger partial charge in [0.05, 0.1) is 26.9 Å². The first-order valence-electron chi connectivity index (χ1n) is 22.9. The molecule has 4 aromatic rings. The number of hydrogen-bond donors (Lipinski definition) is 0. The van der Waals surface area contributed by atoms with E-state index in [0.717, 1.165) is 21.5 Å². The molecular formula is C53H66O15Si. The predicted molar refractivity (Wildman–Crippen MR) is 257 cm³/mol. The van der Waals surface area contributed by atoms with Gasteiger partial charge in [0.2, 0.25) is 0 Å². The third-order valence-corrected chi connectivity index (χ3v) is 17.3. The second-order valence-corrected chi connectivity index (χ2v) is 22.3. The molecule has 16 heteroatoms. The minimum Gasteiger partial charge on any atom is -0.497 e. The maximum atomic E-state index is 13.0. The van der Waals surface area contributed by atoms with E-state index in [-0.39, 0.29) is 19.8 Å². The van der Waals surface area contributed by atoms with Crippen LogP contribution in [-0.4, -0.2) is 122 Å². The summed E-state index contributed by atoms with van der Waals surface area (Å²) in [4.78, 5) is 38.2. The monoisotopic (exact) mass is 970 g/mol. The molecule has 10 atom stereocenters. The van der Waals surface area contributed by atoms with Crippen LogP contribution in [0, 0.1) is 0 Å². The number of ether oxygens (including phenoxy) is 11. The van der Waals surface area contributed by atoms with Gasteiger partial charge in [-0.05, 0) is 38.7 Å². The topological polar surface area (TPSA) is 162 Å². The van der Waals surface area contributed by atoms with Crippen LogP contribution in [0.25, 0.3) is 0 Å². The number of methoxy groups -OCH3 is 3. The Morgan fingerprint density at radius 2 is 1.20 bits per heavy atom. The van der Waals surface area contributed by atoms with E-state index in [0.29, 0.717) is 5.75 Å². The number of carbonyl (C=O) groups is 3. The molecular weight excluding hydrogens is 905 g/mol. The summed E-state index contributed by atoms with van der Waals surface area (Å²) in [6.45, 7) is 13.8. The largest absolute Gasteiger partial charge is 0.497 e. The summed E-state index contributed by atoms with van der Waals surface area (Å²) in [6.07, 6.45) is -9.38. The molecule has 0 radical (unpaired) electrons. The minimum atomic E-state index is -3.24. The molecule has 0 amide bonds. The van der Waals surface area contributed by atoms with E-state index < -0.39 is 98.8 Å². The van der Waals surface area contributed by atoms with Gasteiger partial charge in [0.15, 0.2) is 30.4 Å². The van der Waals surface area contributed by atoms with Gasteiger partial charge in [-0.3, -0.25) is 14.4 Å². The Hall–Kier alpha value is -5.27. The number of hydrogen-bond acceptors (Lipinski definition) is 15. The lowest BCUT2D eigenvalue weighted by Crippen LogP contribution is -2.71. The van der Waals surface area contributed by atoms with Crippen molar-refractivity contribution in [2.75, 3.05) is 34.5 Å². The molecule has 69 heavy (non-hydrogen) atoms. The fourth-order valence-corrected chi connectivity index (χ4v) is 13.6. The quantitative estimate of drug-likeness (QED) is 0.0400. The van der Waals surface area contributed by atoms with Crippen molar-refractivity contribution in [3.05, 3.63) is 139 Å². The Kier molecular flexibility index (Phi) is 18.5. The molecule has 4 aromatic carbocycles. The van der Waals surface area contributed by atoms with Crippen molar-refractivity contribution in [2.24, 2.45) is 0 Å². The van der Waals surface area contributed by atoms with Crippen LogP contribution in [0.1, 0.15) is 52.7 Å². The first-order valence-corrected chi connectivity index (χ1v) is 24.8. The zero-order valence-electron chi connectivity index (χ0n) is 40.9. The fourth-order valence-electron chi connectivity index (χ4n) is 9.07. The van der Waals surface area contributed by atoms with E-state index in [1.54, 1.807) is 7.11 Å². The SMILES string of the molecule is C=CC1(COC(C)=O)O[C@@H](O[C@@H]2C(CO[Si](c3ccccc3)(c3ccccc3)C(C)(C)C)O[C@H](OC)C(OCc3ccc(OC)cc3)[C@@H]2OCc2ccccc2)C(OC(C)=O)[C@@H](OC)[C@@H]1OC(C)=O. The average molecular weight is 971 g/mol. The summed E-state index contributed by atoms with van der Waals surface area (Å²) < 4.78 is 77.1. The van der Waals surface area contributed by atoms with Crippen LogP contribution in [0.15, 0.2) is 128 Å². The van der Waals surface area contributed by atoms with Gasteiger partial charge in [-0.25, -0.2) is 0 Å². The summed E-state index contributed by atoms with van der Waals surface area (Å²) in [5, 5.41) is 1.63. The molecule has 2 aliphatic heterocycles. The van der Waals surface area contributed by atoms with Gasteiger partial charge in [-0.15, -0.1) is 0 Å². The highest BCUT2D eigenvalue weighted by molar-refractivity contribution is 6.99. The van der Waals surface area contributed by atoms with Crippen molar-refractivity contribution < 1.29 is 70.9 Å². The molecule has 0 aliphatic carbocycles. The molecule has 2 heterocycles. The summed E-state index contributed by atoms with van der Waals surface area (Å²) in [5.74, 6) is -1.39. The summed E-state index contributed by atoms with van der Waals surface area (Å²) in [6, 6.07) is 37.4. The molecule has 0 saturated carbocycles. The zero-order chi connectivity index (χ0) is 49.8. The van der Waals surface area contributed by atoms with E-state index in [1.165, 1.54) is 41.1 Å². The molecule has 372 valence electrons. The maximum absolute atomic E-state index is 13.0. The van der Waals surface area contributed by atoms with Crippen LogP contribution in [-0.2, 0) is 79.4 Å². The molecule has 0 spiro atoms. The summed E-state index contributed by atoms with van der Waals surface area (Å²) in [7, 11) is 1.24. The van der Waals surface area contributed by atoms with Gasteiger partial charge in [0, 0.05) is 35.0 Å². The molecule has 2 fully saturated rings. The molecule has 4 unspecified atom stereocenters. The normalized spacial score (nSPS) is 26.1. The van der Waals surface area contributed by atoms with Gasteiger partial charge in [0.1, 0.15) is 42.9 Å². The third-order valence-electron chi connectivity index (χ3n) is 12.3. The highest BCUT2D eigenvalue weighted by Crippen LogP contribution is 2.42. The number of benzene rings is 4. The smallest absolute Gasteiger partial charge is 0.303 e. The third kappa shape index (κ3) is 12.6. The van der Waals surface area contributed by atoms with Crippen LogP contribution >= 0.6 is 0 Å². The predicted octanol–water partition coefficient (Wildman–Crippen LogP) is 6.22. The molecule has 2 saturated heterocycles. The summed E-state index contributed by atoms with van der Waals surface area (Å²) in [5.41, 5.74) is -0.114. The van der Waals surface area contributed by atoms with Crippen LogP contribution < -0.4 is 15.1 Å². The number of rotatable bonds is 21. The highest BCUT2D eigenvalue weighted by atomic mass is 28.4. The Morgan fingerprint density at radius 1 is 0.652 bits per heavy atom. The Balaban J connectivity index is 1.52. The summed E-state index contributed by atoms with van der Waals surface area (Å²) >= 11 is 0. The van der Waals surface area contributed by atoms with Gasteiger partial charge in [-0.2, -0.15) is 0 Å². The van der Waals surface area contributed by atoms with Crippen molar-refractivity contribution >= 4 is 36.6 Å². The van der Waals surface area contributed by atoms with Gasteiger partial charge >= 0.3 is 17.9 Å². The molecule has 15 nitrogen and oxygen atoms in total. The van der Waals surface area contributed by atoms with E-state index in [9.17, 15) is 14.4 Å². The van der Waals surface area contributed by atoms with Gasteiger partial charge in [-0.1, -0.05) is 137 Å². The lowest BCUT2D eigenvalue weighted by molar-refractivity contribution is -0.376. The van der Waals surface area contributed by atoms with Crippen molar-refractivity contribution in [3.63, 3.8) is 0 Å². The molecule has 0 N–H and O–H groups in total. The zero-order valence-corrected chi connectivity index (χ0v) is 41.9. The number of esters is 3. The molecule has 0 bridgehead atoms. The van der Waals surface area contributed by atoms with Crippen molar-refractivity contribution in [3.8, 4) is 5.75 Å². The Morgan fingerprint density at radius 3 is 1.70 bits per heavy atom. The minimum absolute atomic E-state index is 0.0665. The lowest BCUT2D eigenvalue weighted by Gasteiger charge is -2.52. The second-order valence-electron chi connectivity index (χ2n) is 18.0. The van der Waals surface area contributed by atoms with Crippen LogP contribution in [0.4, 0.5) is 0 Å². The van der Waals surface area contributed by atoms with E-state index in [4.69, 9.17) is 56.5 Å². The van der Waals surface area contributed by atoms with Gasteiger partial charge in [0.25, 0.3) is 8.32 Å². The van der Waals surface area contributed by atoms with Gasteiger partial charge < -0.3 is 56.5 Å². The van der Waals surface area contributed by atoms with Crippen molar-refractivity contribution in [1.82, 2.24) is 0 Å². The first-order chi connectivity index (χ1) is 33.1. The fraction of sp³-hybridized carbons (Fsp3) is 0.453. The molecule has 6 rings (SSSR count). The lowest BCUT2D eigenvalue weighted by atomic mass is 9.86. The Bertz CT molecular complexity index is 2220. The van der Waals surface area contributed by atoms with E-state index in [2.05, 4.69) is 51.6 Å². The Labute approximate surface area is 406 Å². The van der Waals surface area contributed by atoms with E-state index >= 15 is 0 Å². The van der Waals surface area contributed by atoms with Crippen LogP contribution in [0.5, 0.6) is 5.75 Å². The molecule has 2 aliphatic rings. The van der Waals surface area contributed by atoms with Crippen LogP contribution in [0.3, 0.4) is 0 Å². The standard InChI is InChI=1S/C53H66O15Si/c1-11-53(34-62-35(2)54)49(65-37(4)56)46(58-9)48(64-36(3)55)51(68-53)67-44-43(33-63-69(52(5,6)7,41-23-17-13-18-24-41)42-25-19-14-20-26-42)66-50(59-10)47(45(44)60-31-38-21-15-12-16-22-38)61-32-39-27-29-40(57-8)30-28-39/h11-30,43-51H,1,31-34H2,2-10H3/t43?,44-,45-,46-,47?,48?,49+,50+,51-,53?/m1/s1. The highest BCUT2D eigenvalue weighted by Gasteiger charge is 2.61. The van der Waals surface area contributed by atoms with Crippen LogP contribution in [0.2, 0.25) is 5.04 Å². The van der Waals surface area contributed by atoms with Crippen molar-refractivity contribution in [1.29, 1.82) is 0 Å². The van der Waals surface area contributed by atoms with Crippen molar-refractivity contribution in [2.45, 2.75) is 121 Å². The number of carbonyl (C=O) groups excluding carboxylic acids is 3. The first kappa shape index (κ1) is 53.1.